The second kappa shape index (κ2) is 7.90. The molecule has 0 saturated carbocycles. The Labute approximate surface area is 157 Å². The highest BCUT2D eigenvalue weighted by Crippen LogP contribution is 2.33. The predicted octanol–water partition coefficient (Wildman–Crippen LogP) is 3.33. The van der Waals surface area contributed by atoms with Gasteiger partial charge in [-0.25, -0.2) is 9.78 Å². The summed E-state index contributed by atoms with van der Waals surface area (Å²) in [6.07, 6.45) is 5.47. The molecular weight excluding hydrogens is 346 g/mol. The van der Waals surface area contributed by atoms with Gasteiger partial charge in [0.1, 0.15) is 11.3 Å². The van der Waals surface area contributed by atoms with E-state index in [9.17, 15) is 4.79 Å². The molecule has 0 unspecified atom stereocenters. The summed E-state index contributed by atoms with van der Waals surface area (Å²) < 4.78 is 17.5. The molecular formula is C20H21N3O4. The number of benzene rings is 1. The molecule has 27 heavy (non-hydrogen) atoms. The molecule has 7 heteroatoms. The SMILES string of the molecule is CCOC(=O)c1ccc2c(c(/C=C/c3ccc(OC)nc3)nn2C)c1OC. The third-order valence-corrected chi connectivity index (χ3v) is 4.10. The summed E-state index contributed by atoms with van der Waals surface area (Å²) in [4.78, 5) is 16.4. The number of methoxy groups -OCH3 is 2. The molecule has 2 aromatic heterocycles. The summed E-state index contributed by atoms with van der Waals surface area (Å²) in [6.45, 7) is 2.06. The van der Waals surface area contributed by atoms with Gasteiger partial charge in [0.2, 0.25) is 5.88 Å². The number of pyridine rings is 1. The Balaban J connectivity index is 2.07. The monoisotopic (exact) mass is 367 g/mol. The second-order valence-corrected chi connectivity index (χ2v) is 5.74. The molecule has 0 saturated heterocycles. The van der Waals surface area contributed by atoms with Crippen LogP contribution in [-0.2, 0) is 11.8 Å². The van der Waals surface area contributed by atoms with Gasteiger partial charge in [0.15, 0.2) is 0 Å². The van der Waals surface area contributed by atoms with Gasteiger partial charge >= 0.3 is 5.97 Å². The van der Waals surface area contributed by atoms with Crippen molar-refractivity contribution < 1.29 is 19.0 Å². The molecule has 3 rings (SSSR count). The molecule has 2 heterocycles. The quantitative estimate of drug-likeness (QED) is 0.622. The molecule has 0 bridgehead atoms. The summed E-state index contributed by atoms with van der Waals surface area (Å²) in [6, 6.07) is 7.22. The highest BCUT2D eigenvalue weighted by molar-refractivity contribution is 6.03. The number of aromatic nitrogens is 3. The van der Waals surface area contributed by atoms with Crippen LogP contribution in [0, 0.1) is 0 Å². The topological polar surface area (TPSA) is 75.5 Å². The minimum absolute atomic E-state index is 0.296. The maximum absolute atomic E-state index is 12.3. The third-order valence-electron chi connectivity index (χ3n) is 4.10. The Morgan fingerprint density at radius 3 is 2.59 bits per heavy atom. The number of rotatable bonds is 6. The first-order chi connectivity index (χ1) is 13.1. The van der Waals surface area contributed by atoms with E-state index < -0.39 is 5.97 Å². The molecule has 0 spiro atoms. The van der Waals surface area contributed by atoms with Crippen molar-refractivity contribution >= 4 is 29.0 Å². The summed E-state index contributed by atoms with van der Waals surface area (Å²) in [5, 5.41) is 5.30. The lowest BCUT2D eigenvalue weighted by molar-refractivity contribution is 0.0523. The number of hydrogen-bond donors (Lipinski definition) is 0. The number of esters is 1. The number of nitrogens with zero attached hydrogens (tertiary/aromatic N) is 3. The van der Waals surface area contributed by atoms with Crippen LogP contribution in [0.4, 0.5) is 0 Å². The van der Waals surface area contributed by atoms with Gasteiger partial charge in [-0.1, -0.05) is 6.08 Å². The number of hydrogen-bond acceptors (Lipinski definition) is 6. The van der Waals surface area contributed by atoms with Crippen molar-refractivity contribution in [3.63, 3.8) is 0 Å². The normalized spacial score (nSPS) is 11.1. The molecule has 0 amide bonds. The van der Waals surface area contributed by atoms with Gasteiger partial charge in [0, 0.05) is 19.3 Å². The maximum Gasteiger partial charge on any atom is 0.341 e. The summed E-state index contributed by atoms with van der Waals surface area (Å²) in [5.74, 6) is 0.581. The average Bonchev–Trinajstić information content (AvgIpc) is 3.02. The molecule has 140 valence electrons. The molecule has 0 aliphatic rings. The standard InChI is InChI=1S/C20H21N3O4/c1-5-27-20(24)14-8-10-16-18(19(14)26-4)15(22-23(16)2)9-6-13-7-11-17(25-3)21-12-13/h6-12H,5H2,1-4H3/b9-6+. The van der Waals surface area contributed by atoms with Crippen LogP contribution >= 0.6 is 0 Å². The molecule has 0 aliphatic heterocycles. The number of carbonyl (C=O) groups is 1. The van der Waals surface area contributed by atoms with Crippen LogP contribution in [0.1, 0.15) is 28.5 Å². The Morgan fingerprint density at radius 2 is 1.96 bits per heavy atom. The van der Waals surface area contributed by atoms with E-state index in [0.717, 1.165) is 16.5 Å². The number of carbonyl (C=O) groups excluding carboxylic acids is 1. The highest BCUT2D eigenvalue weighted by atomic mass is 16.5. The lowest BCUT2D eigenvalue weighted by Crippen LogP contribution is -2.07. The first-order valence-corrected chi connectivity index (χ1v) is 8.48. The van der Waals surface area contributed by atoms with Crippen LogP contribution in [0.25, 0.3) is 23.1 Å². The zero-order chi connectivity index (χ0) is 19.4. The summed E-state index contributed by atoms with van der Waals surface area (Å²) >= 11 is 0. The van der Waals surface area contributed by atoms with E-state index in [1.807, 2.05) is 31.3 Å². The molecule has 7 nitrogen and oxygen atoms in total. The number of aryl methyl sites for hydroxylation is 1. The molecule has 0 fully saturated rings. The van der Waals surface area contributed by atoms with Gasteiger partial charge in [0.25, 0.3) is 0 Å². The highest BCUT2D eigenvalue weighted by Gasteiger charge is 2.20. The van der Waals surface area contributed by atoms with Gasteiger partial charge < -0.3 is 14.2 Å². The predicted molar refractivity (Wildman–Crippen MR) is 103 cm³/mol. The van der Waals surface area contributed by atoms with Crippen LogP contribution in [0.2, 0.25) is 0 Å². The largest absolute Gasteiger partial charge is 0.495 e. The summed E-state index contributed by atoms with van der Waals surface area (Å²) in [7, 11) is 4.95. The van der Waals surface area contributed by atoms with Gasteiger partial charge in [-0.05, 0) is 36.8 Å². The molecule has 0 N–H and O–H groups in total. The number of ether oxygens (including phenoxy) is 3. The molecule has 0 atom stereocenters. The van der Waals surface area contributed by atoms with E-state index in [1.54, 1.807) is 37.0 Å². The van der Waals surface area contributed by atoms with Crippen molar-refractivity contribution in [2.45, 2.75) is 6.92 Å². The van der Waals surface area contributed by atoms with E-state index in [4.69, 9.17) is 14.2 Å². The molecule has 1 aromatic carbocycles. The fraction of sp³-hybridized carbons (Fsp3) is 0.250. The fourth-order valence-electron chi connectivity index (χ4n) is 2.84. The van der Waals surface area contributed by atoms with Gasteiger partial charge in [0.05, 0.1) is 37.4 Å². The zero-order valence-corrected chi connectivity index (χ0v) is 15.7. The lowest BCUT2D eigenvalue weighted by Gasteiger charge is -2.09. The maximum atomic E-state index is 12.3. The smallest absolute Gasteiger partial charge is 0.341 e. The minimum Gasteiger partial charge on any atom is -0.495 e. The van der Waals surface area contributed by atoms with Crippen molar-refractivity contribution in [2.75, 3.05) is 20.8 Å². The second-order valence-electron chi connectivity index (χ2n) is 5.74. The zero-order valence-electron chi connectivity index (χ0n) is 15.7. The molecule has 0 aliphatic carbocycles. The van der Waals surface area contributed by atoms with Crippen LogP contribution < -0.4 is 9.47 Å². The number of fused-ring (bicyclic) bond motifs is 1. The van der Waals surface area contributed by atoms with E-state index in [1.165, 1.54) is 7.11 Å². The fourth-order valence-corrected chi connectivity index (χ4v) is 2.84. The van der Waals surface area contributed by atoms with E-state index >= 15 is 0 Å². The van der Waals surface area contributed by atoms with Crippen molar-refractivity contribution in [3.05, 3.63) is 47.3 Å². The van der Waals surface area contributed by atoms with Crippen molar-refractivity contribution in [1.82, 2.24) is 14.8 Å². The van der Waals surface area contributed by atoms with Crippen LogP contribution in [0.3, 0.4) is 0 Å². The summed E-state index contributed by atoms with van der Waals surface area (Å²) in [5.41, 5.74) is 2.81. The molecule has 0 radical (unpaired) electrons. The van der Waals surface area contributed by atoms with E-state index in [-0.39, 0.29) is 0 Å². The molecule has 3 aromatic rings. The van der Waals surface area contributed by atoms with Crippen molar-refractivity contribution in [2.24, 2.45) is 7.05 Å². The van der Waals surface area contributed by atoms with Crippen LogP contribution in [0.5, 0.6) is 11.6 Å². The van der Waals surface area contributed by atoms with Crippen LogP contribution in [-0.4, -0.2) is 41.6 Å². The van der Waals surface area contributed by atoms with E-state index in [0.29, 0.717) is 29.5 Å². The van der Waals surface area contributed by atoms with Crippen molar-refractivity contribution in [3.8, 4) is 11.6 Å². The first kappa shape index (κ1) is 18.4. The Hall–Kier alpha value is -3.35. The van der Waals surface area contributed by atoms with Crippen LogP contribution in [0.15, 0.2) is 30.5 Å². The third kappa shape index (κ3) is 3.62. The van der Waals surface area contributed by atoms with Gasteiger partial charge in [-0.3, -0.25) is 4.68 Å². The lowest BCUT2D eigenvalue weighted by atomic mass is 10.1. The minimum atomic E-state index is -0.422. The van der Waals surface area contributed by atoms with Crippen molar-refractivity contribution in [1.29, 1.82) is 0 Å². The average molecular weight is 367 g/mol. The Bertz CT molecular complexity index is 991. The van der Waals surface area contributed by atoms with Gasteiger partial charge in [-0.2, -0.15) is 5.10 Å². The van der Waals surface area contributed by atoms with Gasteiger partial charge in [-0.15, -0.1) is 0 Å². The Kier molecular flexibility index (Phi) is 5.40. The van der Waals surface area contributed by atoms with E-state index in [2.05, 4.69) is 10.1 Å². The first-order valence-electron chi connectivity index (χ1n) is 8.48. The Morgan fingerprint density at radius 1 is 1.15 bits per heavy atom.